The van der Waals surface area contributed by atoms with Crippen molar-refractivity contribution < 1.29 is 14.5 Å². The van der Waals surface area contributed by atoms with E-state index in [9.17, 15) is 19.7 Å². The van der Waals surface area contributed by atoms with Crippen LogP contribution in [0.5, 0.6) is 0 Å². The zero-order valence-electron chi connectivity index (χ0n) is 10.8. The summed E-state index contributed by atoms with van der Waals surface area (Å²) in [5, 5.41) is 11.1. The minimum absolute atomic E-state index is 0.122. The summed E-state index contributed by atoms with van der Waals surface area (Å²) in [6, 6.07) is 3.57. The molecule has 0 radical (unpaired) electrons. The number of aldehydes is 1. The number of hydrogen-bond acceptors (Lipinski definition) is 5. The number of nitro groups is 1. The van der Waals surface area contributed by atoms with Crippen molar-refractivity contribution >= 4 is 23.6 Å². The lowest BCUT2D eigenvalue weighted by Crippen LogP contribution is -2.41. The number of anilines is 1. The van der Waals surface area contributed by atoms with E-state index >= 15 is 0 Å². The summed E-state index contributed by atoms with van der Waals surface area (Å²) in [6.45, 7) is 0.548. The van der Waals surface area contributed by atoms with Gasteiger partial charge in [-0.3, -0.25) is 14.9 Å². The summed E-state index contributed by atoms with van der Waals surface area (Å²) in [4.78, 5) is 34.7. The lowest BCUT2D eigenvalue weighted by molar-refractivity contribution is -0.384. The molecule has 0 spiro atoms. The van der Waals surface area contributed by atoms with E-state index in [-0.39, 0.29) is 16.9 Å². The van der Waals surface area contributed by atoms with Gasteiger partial charge in [-0.25, -0.2) is 0 Å². The molecule has 2 N–H and O–H groups in total. The van der Waals surface area contributed by atoms with Gasteiger partial charge >= 0.3 is 0 Å². The molecule has 7 heteroatoms. The number of primary amides is 1. The van der Waals surface area contributed by atoms with Crippen LogP contribution in [0.25, 0.3) is 0 Å². The maximum absolute atomic E-state index is 11.2. The highest BCUT2D eigenvalue weighted by Gasteiger charge is 2.28. The Kier molecular flexibility index (Phi) is 3.97. The fourth-order valence-electron chi connectivity index (χ4n) is 2.46. The van der Waals surface area contributed by atoms with Crippen LogP contribution in [0.15, 0.2) is 18.2 Å². The van der Waals surface area contributed by atoms with E-state index in [1.54, 1.807) is 4.90 Å². The highest BCUT2D eigenvalue weighted by Crippen LogP contribution is 2.33. The number of nitrogens with zero attached hydrogens (tertiary/aromatic N) is 2. The van der Waals surface area contributed by atoms with Crippen LogP contribution in [0, 0.1) is 10.1 Å². The van der Waals surface area contributed by atoms with Crippen LogP contribution in [-0.2, 0) is 4.79 Å². The number of piperidine rings is 1. The Morgan fingerprint density at radius 2 is 2.20 bits per heavy atom. The van der Waals surface area contributed by atoms with Crippen molar-refractivity contribution in [3.8, 4) is 0 Å². The molecule has 1 aliphatic rings. The molecule has 7 nitrogen and oxygen atoms in total. The number of carbonyl (C=O) groups is 2. The zero-order valence-corrected chi connectivity index (χ0v) is 10.8. The second kappa shape index (κ2) is 5.68. The molecule has 2 rings (SSSR count). The van der Waals surface area contributed by atoms with Gasteiger partial charge in [-0.15, -0.1) is 0 Å². The molecule has 1 fully saturated rings. The summed E-state index contributed by atoms with van der Waals surface area (Å²) in [7, 11) is 0. The topological polar surface area (TPSA) is 107 Å². The number of benzene rings is 1. The largest absolute Gasteiger partial charge is 0.366 e. The van der Waals surface area contributed by atoms with Gasteiger partial charge in [0.2, 0.25) is 5.91 Å². The predicted octanol–water partition coefficient (Wildman–Crippen LogP) is 1.25. The lowest BCUT2D eigenvalue weighted by Gasteiger charge is -2.33. The SMILES string of the molecule is NC(=O)c1ccc([N+](=O)[O-])c(N2CCCCC2C=O)c1. The van der Waals surface area contributed by atoms with Crippen LogP contribution in [0.2, 0.25) is 0 Å². The van der Waals surface area contributed by atoms with Gasteiger partial charge in [-0.05, 0) is 31.4 Å². The van der Waals surface area contributed by atoms with Crippen molar-refractivity contribution in [3.63, 3.8) is 0 Å². The molecule has 1 aromatic carbocycles. The van der Waals surface area contributed by atoms with Crippen molar-refractivity contribution in [3.05, 3.63) is 33.9 Å². The fourth-order valence-corrected chi connectivity index (χ4v) is 2.46. The summed E-state index contributed by atoms with van der Waals surface area (Å²) in [5.41, 5.74) is 5.56. The standard InChI is InChI=1S/C13H15N3O4/c14-13(18)9-4-5-11(16(19)20)12(7-9)15-6-2-1-3-10(15)8-17/h4-5,7-8,10H,1-3,6H2,(H2,14,18). The molecular weight excluding hydrogens is 262 g/mol. The highest BCUT2D eigenvalue weighted by molar-refractivity contribution is 5.95. The third-order valence-corrected chi connectivity index (χ3v) is 3.47. The second-order valence-corrected chi connectivity index (χ2v) is 4.72. The molecule has 0 saturated carbocycles. The first-order valence-electron chi connectivity index (χ1n) is 6.34. The molecule has 1 unspecified atom stereocenters. The first kappa shape index (κ1) is 14.0. The molecule has 1 heterocycles. The molecule has 0 bridgehead atoms. The first-order chi connectivity index (χ1) is 9.54. The number of nitrogens with two attached hydrogens (primary N) is 1. The van der Waals surface area contributed by atoms with Gasteiger partial charge in [0.05, 0.1) is 11.0 Å². The molecule has 1 atom stereocenters. The van der Waals surface area contributed by atoms with E-state index in [4.69, 9.17) is 5.73 Å². The van der Waals surface area contributed by atoms with Gasteiger partial charge in [0.1, 0.15) is 12.0 Å². The smallest absolute Gasteiger partial charge is 0.292 e. The summed E-state index contributed by atoms with van der Waals surface area (Å²) >= 11 is 0. The minimum Gasteiger partial charge on any atom is -0.366 e. The number of hydrogen-bond donors (Lipinski definition) is 1. The van der Waals surface area contributed by atoms with E-state index in [1.807, 2.05) is 0 Å². The minimum atomic E-state index is -0.652. The van der Waals surface area contributed by atoms with Crippen molar-refractivity contribution in [2.45, 2.75) is 25.3 Å². The molecule has 0 aromatic heterocycles. The quantitative estimate of drug-likeness (QED) is 0.506. The van der Waals surface area contributed by atoms with Crippen LogP contribution < -0.4 is 10.6 Å². The van der Waals surface area contributed by atoms with Gasteiger partial charge in [0, 0.05) is 18.2 Å². The van der Waals surface area contributed by atoms with Gasteiger partial charge in [-0.1, -0.05) is 0 Å². The van der Waals surface area contributed by atoms with Crippen molar-refractivity contribution in [1.82, 2.24) is 0 Å². The van der Waals surface area contributed by atoms with Crippen LogP contribution >= 0.6 is 0 Å². The highest BCUT2D eigenvalue weighted by atomic mass is 16.6. The third kappa shape index (κ3) is 2.61. The Bertz CT molecular complexity index is 559. The van der Waals surface area contributed by atoms with Gasteiger partial charge < -0.3 is 15.4 Å². The zero-order chi connectivity index (χ0) is 14.7. The van der Waals surface area contributed by atoms with Crippen LogP contribution in [0.4, 0.5) is 11.4 Å². The number of carbonyl (C=O) groups excluding carboxylic acids is 2. The summed E-state index contributed by atoms with van der Waals surface area (Å²) < 4.78 is 0. The Hall–Kier alpha value is -2.44. The maximum atomic E-state index is 11.2. The Labute approximate surface area is 115 Å². The van der Waals surface area contributed by atoms with Gasteiger partial charge in [-0.2, -0.15) is 0 Å². The Morgan fingerprint density at radius 1 is 1.45 bits per heavy atom. The first-order valence-corrected chi connectivity index (χ1v) is 6.34. The molecule has 106 valence electrons. The summed E-state index contributed by atoms with van der Waals surface area (Å²) in [5.74, 6) is -0.652. The number of nitro benzene ring substituents is 1. The van der Waals surface area contributed by atoms with Gasteiger partial charge in [0.15, 0.2) is 0 Å². The second-order valence-electron chi connectivity index (χ2n) is 4.72. The predicted molar refractivity (Wildman–Crippen MR) is 72.7 cm³/mol. The molecule has 1 saturated heterocycles. The Balaban J connectivity index is 2.50. The lowest BCUT2D eigenvalue weighted by atomic mass is 10.0. The average Bonchev–Trinajstić information content (AvgIpc) is 2.46. The van der Waals surface area contributed by atoms with Crippen LogP contribution in [-0.4, -0.2) is 29.7 Å². The summed E-state index contributed by atoms with van der Waals surface area (Å²) in [6.07, 6.45) is 3.20. The number of amides is 1. The molecule has 1 amide bonds. The molecular formula is C13H15N3O4. The molecule has 1 aromatic rings. The average molecular weight is 277 g/mol. The number of rotatable bonds is 4. The third-order valence-electron chi connectivity index (χ3n) is 3.47. The monoisotopic (exact) mass is 277 g/mol. The van der Waals surface area contributed by atoms with E-state index in [0.29, 0.717) is 13.0 Å². The van der Waals surface area contributed by atoms with Crippen LogP contribution in [0.1, 0.15) is 29.6 Å². The van der Waals surface area contributed by atoms with E-state index in [0.717, 1.165) is 19.1 Å². The van der Waals surface area contributed by atoms with Crippen molar-refractivity contribution in [2.75, 3.05) is 11.4 Å². The van der Waals surface area contributed by atoms with E-state index in [1.165, 1.54) is 18.2 Å². The molecule has 20 heavy (non-hydrogen) atoms. The fraction of sp³-hybridized carbons (Fsp3) is 0.385. The van der Waals surface area contributed by atoms with E-state index in [2.05, 4.69) is 0 Å². The van der Waals surface area contributed by atoms with Crippen LogP contribution in [0.3, 0.4) is 0 Å². The Morgan fingerprint density at radius 3 is 2.80 bits per heavy atom. The van der Waals surface area contributed by atoms with E-state index < -0.39 is 16.9 Å². The van der Waals surface area contributed by atoms with Gasteiger partial charge in [0.25, 0.3) is 5.69 Å². The molecule has 0 aliphatic carbocycles. The molecule has 1 aliphatic heterocycles. The maximum Gasteiger partial charge on any atom is 0.292 e. The van der Waals surface area contributed by atoms with Crippen molar-refractivity contribution in [2.24, 2.45) is 5.73 Å². The normalized spacial score (nSPS) is 18.6. The van der Waals surface area contributed by atoms with Crippen molar-refractivity contribution in [1.29, 1.82) is 0 Å².